The summed E-state index contributed by atoms with van der Waals surface area (Å²) in [7, 11) is 0. The second-order valence-electron chi connectivity index (χ2n) is 5.38. The number of aryl methyl sites for hydroxylation is 3. The van der Waals surface area contributed by atoms with Crippen LogP contribution in [0.25, 0.3) is 0 Å². The first-order chi connectivity index (χ1) is 10.5. The number of aromatic nitrogens is 3. The molecule has 1 aliphatic heterocycles. The van der Waals surface area contributed by atoms with Gasteiger partial charge < -0.3 is 10.6 Å². The summed E-state index contributed by atoms with van der Waals surface area (Å²) in [5.74, 6) is 1.28. The van der Waals surface area contributed by atoms with Crippen LogP contribution in [0.1, 0.15) is 37.5 Å². The van der Waals surface area contributed by atoms with Crippen molar-refractivity contribution >= 4 is 23.1 Å². The molecule has 2 aromatic heterocycles. The summed E-state index contributed by atoms with van der Waals surface area (Å²) < 4.78 is 0. The first-order valence-electron chi connectivity index (χ1n) is 7.37. The Morgan fingerprint density at radius 2 is 2.05 bits per heavy atom. The van der Waals surface area contributed by atoms with E-state index in [1.54, 1.807) is 18.3 Å². The molecule has 0 saturated heterocycles. The molecule has 2 aromatic rings. The van der Waals surface area contributed by atoms with E-state index in [-0.39, 0.29) is 5.91 Å². The molecule has 0 fully saturated rings. The van der Waals surface area contributed by atoms with Crippen LogP contribution in [-0.2, 0) is 12.8 Å². The smallest absolute Gasteiger partial charge is 0.270 e. The summed E-state index contributed by atoms with van der Waals surface area (Å²) in [6.45, 7) is 7.31. The molecule has 0 aliphatic carbocycles. The van der Waals surface area contributed by atoms with Crippen molar-refractivity contribution < 1.29 is 4.79 Å². The molecule has 1 aliphatic rings. The highest BCUT2D eigenvalue weighted by molar-refractivity contribution is 7.11. The third-order valence-electron chi connectivity index (χ3n) is 3.70. The molecule has 3 rings (SSSR count). The molecule has 0 saturated carbocycles. The van der Waals surface area contributed by atoms with Crippen LogP contribution in [0.3, 0.4) is 0 Å². The number of anilines is 1. The van der Waals surface area contributed by atoms with Gasteiger partial charge in [-0.05, 0) is 27.2 Å². The molecule has 6 nitrogen and oxygen atoms in total. The lowest BCUT2D eigenvalue weighted by Gasteiger charge is -2.19. The Labute approximate surface area is 133 Å². The van der Waals surface area contributed by atoms with Gasteiger partial charge in [-0.2, -0.15) is 0 Å². The molecule has 7 heteroatoms. The summed E-state index contributed by atoms with van der Waals surface area (Å²) >= 11 is 1.73. The number of carbonyl (C=O) groups excluding carboxylic acids is 1. The third kappa shape index (κ3) is 2.94. The summed E-state index contributed by atoms with van der Waals surface area (Å²) in [5, 5.41) is 7.29. The zero-order chi connectivity index (χ0) is 15.7. The average molecular weight is 317 g/mol. The lowest BCUT2D eigenvalue weighted by Crippen LogP contribution is -2.34. The molecule has 3 heterocycles. The summed E-state index contributed by atoms with van der Waals surface area (Å²) in [5.41, 5.74) is 2.52. The van der Waals surface area contributed by atoms with Gasteiger partial charge in [0.05, 0.1) is 10.7 Å². The number of amides is 1. The number of nitrogens with zero attached hydrogens (tertiary/aromatic N) is 3. The van der Waals surface area contributed by atoms with Crippen LogP contribution in [0, 0.1) is 20.8 Å². The Kier molecular flexibility index (Phi) is 4.06. The number of nitrogens with one attached hydrogen (secondary N) is 2. The fraction of sp³-hybridized carbons (Fsp3) is 0.467. The van der Waals surface area contributed by atoms with Crippen molar-refractivity contribution in [3.63, 3.8) is 0 Å². The molecule has 0 radical (unpaired) electrons. The maximum absolute atomic E-state index is 11.9. The van der Waals surface area contributed by atoms with E-state index in [1.165, 1.54) is 4.88 Å². The minimum atomic E-state index is -0.110. The monoisotopic (exact) mass is 317 g/mol. The second kappa shape index (κ2) is 6.00. The van der Waals surface area contributed by atoms with E-state index in [4.69, 9.17) is 0 Å². The van der Waals surface area contributed by atoms with Gasteiger partial charge in [-0.15, -0.1) is 11.3 Å². The Morgan fingerprint density at radius 3 is 2.77 bits per heavy atom. The highest BCUT2D eigenvalue weighted by Crippen LogP contribution is 2.21. The van der Waals surface area contributed by atoms with E-state index in [0.29, 0.717) is 18.1 Å². The van der Waals surface area contributed by atoms with Gasteiger partial charge in [0.15, 0.2) is 0 Å². The van der Waals surface area contributed by atoms with Crippen molar-refractivity contribution in [2.24, 2.45) is 0 Å². The third-order valence-corrected chi connectivity index (χ3v) is 4.83. The Hall–Kier alpha value is -2.02. The van der Waals surface area contributed by atoms with E-state index in [0.717, 1.165) is 41.5 Å². The lowest BCUT2D eigenvalue weighted by atomic mass is 10.1. The van der Waals surface area contributed by atoms with Crippen molar-refractivity contribution in [3.8, 4) is 0 Å². The van der Waals surface area contributed by atoms with Gasteiger partial charge in [-0.25, -0.2) is 15.0 Å². The van der Waals surface area contributed by atoms with Crippen LogP contribution in [0.4, 0.5) is 5.82 Å². The molecule has 2 N–H and O–H groups in total. The SMILES string of the molecule is Cc1nc(NCCc2nc(C)c(C)s2)c2c(n1)C(=O)NCC2. The van der Waals surface area contributed by atoms with E-state index in [9.17, 15) is 4.79 Å². The minimum Gasteiger partial charge on any atom is -0.369 e. The molecule has 0 bridgehead atoms. The van der Waals surface area contributed by atoms with Crippen molar-refractivity contribution in [3.05, 3.63) is 32.7 Å². The maximum atomic E-state index is 11.9. The average Bonchev–Trinajstić information content (AvgIpc) is 2.79. The molecular weight excluding hydrogens is 298 g/mol. The van der Waals surface area contributed by atoms with Crippen molar-refractivity contribution in [1.29, 1.82) is 0 Å². The number of hydrogen-bond donors (Lipinski definition) is 2. The van der Waals surface area contributed by atoms with E-state index in [1.807, 2.05) is 6.92 Å². The largest absolute Gasteiger partial charge is 0.369 e. The standard InChI is InChI=1S/C15H19N5OS/c1-8-9(2)22-12(18-8)5-7-16-14-11-4-6-17-15(21)13(11)19-10(3)20-14/h4-7H2,1-3H3,(H,17,21)(H,16,19,20). The number of rotatable bonds is 4. The topological polar surface area (TPSA) is 79.8 Å². The predicted molar refractivity (Wildman–Crippen MR) is 86.6 cm³/mol. The van der Waals surface area contributed by atoms with Crippen LogP contribution >= 0.6 is 11.3 Å². The normalized spacial score (nSPS) is 13.7. The molecule has 22 heavy (non-hydrogen) atoms. The molecule has 116 valence electrons. The second-order valence-corrected chi connectivity index (χ2v) is 6.67. The first kappa shape index (κ1) is 14.9. The fourth-order valence-corrected chi connectivity index (χ4v) is 3.42. The zero-order valence-corrected chi connectivity index (χ0v) is 13.8. The molecular formula is C15H19N5OS. The summed E-state index contributed by atoms with van der Waals surface area (Å²) in [4.78, 5) is 26.4. The minimum absolute atomic E-state index is 0.110. The van der Waals surface area contributed by atoms with Crippen LogP contribution < -0.4 is 10.6 Å². The van der Waals surface area contributed by atoms with Gasteiger partial charge in [0.25, 0.3) is 5.91 Å². The lowest BCUT2D eigenvalue weighted by molar-refractivity contribution is 0.0940. The van der Waals surface area contributed by atoms with Gasteiger partial charge in [-0.3, -0.25) is 4.79 Å². The van der Waals surface area contributed by atoms with Crippen molar-refractivity contribution in [2.75, 3.05) is 18.4 Å². The van der Waals surface area contributed by atoms with Gasteiger partial charge in [0.1, 0.15) is 17.3 Å². The number of carbonyl (C=O) groups is 1. The van der Waals surface area contributed by atoms with Gasteiger partial charge in [0, 0.05) is 30.0 Å². The number of thiazole rings is 1. The van der Waals surface area contributed by atoms with Crippen molar-refractivity contribution in [2.45, 2.75) is 33.6 Å². The van der Waals surface area contributed by atoms with Gasteiger partial charge in [-0.1, -0.05) is 0 Å². The quantitative estimate of drug-likeness (QED) is 0.899. The van der Waals surface area contributed by atoms with E-state index in [2.05, 4.69) is 32.5 Å². The Bertz CT molecular complexity index is 705. The molecule has 0 aromatic carbocycles. The Morgan fingerprint density at radius 1 is 1.23 bits per heavy atom. The van der Waals surface area contributed by atoms with E-state index < -0.39 is 0 Å². The first-order valence-corrected chi connectivity index (χ1v) is 8.18. The predicted octanol–water partition coefficient (Wildman–Crippen LogP) is 1.80. The highest BCUT2D eigenvalue weighted by atomic mass is 32.1. The van der Waals surface area contributed by atoms with Crippen LogP contribution in [0.5, 0.6) is 0 Å². The molecule has 0 unspecified atom stereocenters. The van der Waals surface area contributed by atoms with Gasteiger partial charge in [0.2, 0.25) is 0 Å². The number of hydrogen-bond acceptors (Lipinski definition) is 6. The summed E-state index contributed by atoms with van der Waals surface area (Å²) in [6.07, 6.45) is 1.61. The molecule has 1 amide bonds. The fourth-order valence-electron chi connectivity index (χ4n) is 2.49. The maximum Gasteiger partial charge on any atom is 0.270 e. The highest BCUT2D eigenvalue weighted by Gasteiger charge is 2.22. The van der Waals surface area contributed by atoms with Gasteiger partial charge >= 0.3 is 0 Å². The van der Waals surface area contributed by atoms with Crippen LogP contribution in [-0.4, -0.2) is 33.9 Å². The van der Waals surface area contributed by atoms with Crippen molar-refractivity contribution in [1.82, 2.24) is 20.3 Å². The zero-order valence-electron chi connectivity index (χ0n) is 13.0. The molecule has 0 spiro atoms. The van der Waals surface area contributed by atoms with E-state index >= 15 is 0 Å². The summed E-state index contributed by atoms with van der Waals surface area (Å²) in [6, 6.07) is 0. The number of fused-ring (bicyclic) bond motifs is 1. The Balaban J connectivity index is 1.74. The molecule has 0 atom stereocenters. The van der Waals surface area contributed by atoms with Crippen LogP contribution in [0.2, 0.25) is 0 Å². The van der Waals surface area contributed by atoms with Crippen LogP contribution in [0.15, 0.2) is 0 Å².